The number of hydrogen-bond donors (Lipinski definition) is 1. The fourth-order valence-corrected chi connectivity index (χ4v) is 1.57. The average Bonchev–Trinajstić information content (AvgIpc) is 2.82. The first-order valence-electron chi connectivity index (χ1n) is 4.58. The molecule has 0 spiro atoms. The minimum Gasteiger partial charge on any atom is -0.221 e. The van der Waals surface area contributed by atoms with Gasteiger partial charge in [-0.3, -0.25) is 0 Å². The van der Waals surface area contributed by atoms with Crippen LogP contribution in [-0.4, -0.2) is 14.9 Å². The highest BCUT2D eigenvalue weighted by Gasteiger charge is 2.05. The molecule has 1 aromatic carbocycles. The summed E-state index contributed by atoms with van der Waals surface area (Å²) in [6.07, 6.45) is 4.88. The Labute approximate surface area is 95.4 Å². The monoisotopic (exact) mass is 234 g/mol. The Kier molecular flexibility index (Phi) is 2.00. The van der Waals surface area contributed by atoms with E-state index in [1.807, 2.05) is 18.3 Å². The summed E-state index contributed by atoms with van der Waals surface area (Å²) in [6, 6.07) is 5.50. The number of nitrogens with zero attached hydrogens (tertiary/aromatic N) is 5. The summed E-state index contributed by atoms with van der Waals surface area (Å²) in [5.74, 6) is 0. The van der Waals surface area contributed by atoms with Crippen LogP contribution in [0.5, 0.6) is 0 Å². The average molecular weight is 235 g/mol. The normalized spacial score (nSPS) is 13.4. The summed E-state index contributed by atoms with van der Waals surface area (Å²) in [6.45, 7) is 0. The summed E-state index contributed by atoms with van der Waals surface area (Å²) in [5, 5.41) is 12.2. The number of aromatic nitrogens is 3. The first-order valence-corrected chi connectivity index (χ1v) is 4.96. The molecule has 1 aliphatic heterocycles. The van der Waals surface area contributed by atoms with E-state index >= 15 is 0 Å². The quantitative estimate of drug-likeness (QED) is 0.713. The number of rotatable bonds is 1. The van der Waals surface area contributed by atoms with E-state index in [0.717, 1.165) is 10.6 Å². The molecule has 1 aromatic heterocycles. The van der Waals surface area contributed by atoms with Crippen LogP contribution in [0, 0.1) is 0 Å². The number of hydrogen-bond acceptors (Lipinski definition) is 5. The lowest BCUT2D eigenvalue weighted by Crippen LogP contribution is -2.48. The van der Waals surface area contributed by atoms with Gasteiger partial charge in [-0.25, -0.2) is 4.98 Å². The minimum atomic E-state index is 0.659. The second-order valence-corrected chi connectivity index (χ2v) is 3.64. The summed E-state index contributed by atoms with van der Waals surface area (Å²) in [5.41, 5.74) is 2.81. The van der Waals surface area contributed by atoms with E-state index in [1.165, 1.54) is 11.1 Å². The van der Waals surface area contributed by atoms with Gasteiger partial charge in [-0.2, -0.15) is 15.8 Å². The third-order valence-electron chi connectivity index (χ3n) is 2.15. The molecule has 0 fully saturated rings. The molecule has 0 unspecified atom stereocenters. The van der Waals surface area contributed by atoms with Crippen LogP contribution < -0.4 is 21.2 Å². The Morgan fingerprint density at radius 3 is 3.06 bits per heavy atom. The maximum Gasteiger partial charge on any atom is 0.139 e. The molecule has 0 radical (unpaired) electrons. The van der Waals surface area contributed by atoms with Gasteiger partial charge >= 0.3 is 0 Å². The number of hydrazine groups is 1. The van der Waals surface area contributed by atoms with Crippen molar-refractivity contribution in [1.29, 1.82) is 0 Å². The molecule has 2 heterocycles. The smallest absolute Gasteiger partial charge is 0.139 e. The van der Waals surface area contributed by atoms with Crippen molar-refractivity contribution >= 4 is 17.8 Å². The van der Waals surface area contributed by atoms with Gasteiger partial charge in [-0.05, 0) is 18.2 Å². The third-order valence-corrected chi connectivity index (χ3v) is 2.39. The van der Waals surface area contributed by atoms with Gasteiger partial charge in [0, 0.05) is 10.2 Å². The maximum absolute atomic E-state index is 5.87. The van der Waals surface area contributed by atoms with Gasteiger partial charge in [-0.1, -0.05) is 11.6 Å². The molecular weight excluding hydrogens is 228 g/mol. The molecule has 2 aromatic rings. The molecule has 6 nitrogen and oxygen atoms in total. The van der Waals surface area contributed by atoms with Gasteiger partial charge in [0.2, 0.25) is 0 Å². The maximum atomic E-state index is 5.87. The first-order chi connectivity index (χ1) is 7.83. The van der Waals surface area contributed by atoms with E-state index in [2.05, 4.69) is 20.7 Å². The zero-order valence-electron chi connectivity index (χ0n) is 8.08. The summed E-state index contributed by atoms with van der Waals surface area (Å²) in [7, 11) is 0. The molecule has 7 heteroatoms. The molecular formula is C9H7ClN6. The van der Waals surface area contributed by atoms with Crippen LogP contribution >= 0.6 is 11.6 Å². The van der Waals surface area contributed by atoms with Gasteiger partial charge in [0.05, 0.1) is 11.6 Å². The second-order valence-electron chi connectivity index (χ2n) is 3.20. The van der Waals surface area contributed by atoms with Crippen LogP contribution in [0.15, 0.2) is 36.0 Å². The first kappa shape index (κ1) is 9.17. The van der Waals surface area contributed by atoms with Gasteiger partial charge < -0.3 is 0 Å². The minimum absolute atomic E-state index is 0.659. The molecule has 0 atom stereocenters. The molecule has 0 saturated heterocycles. The molecule has 3 rings (SSSR count). The Morgan fingerprint density at radius 2 is 2.25 bits per heavy atom. The van der Waals surface area contributed by atoms with Gasteiger partial charge in [-0.15, -0.1) is 9.89 Å². The van der Waals surface area contributed by atoms with Crippen molar-refractivity contribution in [2.75, 3.05) is 5.12 Å². The van der Waals surface area contributed by atoms with E-state index in [4.69, 9.17) is 11.6 Å². The van der Waals surface area contributed by atoms with Crippen molar-refractivity contribution in [3.8, 4) is 0 Å². The predicted molar refractivity (Wildman–Crippen MR) is 58.1 cm³/mol. The lowest BCUT2D eigenvalue weighted by atomic mass is 10.3. The van der Waals surface area contributed by atoms with Crippen molar-refractivity contribution in [3.05, 3.63) is 46.5 Å². The largest absolute Gasteiger partial charge is 0.221 e. The van der Waals surface area contributed by atoms with Gasteiger partial charge in [0.1, 0.15) is 12.7 Å². The van der Waals surface area contributed by atoms with Crippen LogP contribution in [0.3, 0.4) is 0 Å². The summed E-state index contributed by atoms with van der Waals surface area (Å²) >= 11 is 5.87. The van der Waals surface area contributed by atoms with Gasteiger partial charge in [0.25, 0.3) is 0 Å². The number of nitrogens with one attached hydrogen (secondary N) is 1. The van der Waals surface area contributed by atoms with E-state index in [1.54, 1.807) is 17.5 Å². The van der Waals surface area contributed by atoms with Crippen LogP contribution in [-0.2, 0) is 0 Å². The van der Waals surface area contributed by atoms with Crippen molar-refractivity contribution in [3.63, 3.8) is 0 Å². The predicted octanol–water partition coefficient (Wildman–Crippen LogP) is -0.640. The topological polar surface area (TPSA) is 58.3 Å². The molecule has 1 aliphatic rings. The Bertz CT molecular complexity index is 620. The zero-order chi connectivity index (χ0) is 11.0. The van der Waals surface area contributed by atoms with E-state index in [0.29, 0.717) is 5.02 Å². The van der Waals surface area contributed by atoms with Crippen LogP contribution in [0.4, 0.5) is 0 Å². The highest BCUT2D eigenvalue weighted by molar-refractivity contribution is 6.30. The van der Waals surface area contributed by atoms with E-state index < -0.39 is 0 Å². The fourth-order valence-electron chi connectivity index (χ4n) is 1.41. The zero-order valence-corrected chi connectivity index (χ0v) is 8.83. The van der Waals surface area contributed by atoms with Crippen LogP contribution in [0.2, 0.25) is 5.02 Å². The molecule has 0 bridgehead atoms. The number of fused-ring (bicyclic) bond motifs is 1. The molecule has 0 aliphatic carbocycles. The molecule has 0 amide bonds. The van der Waals surface area contributed by atoms with Crippen molar-refractivity contribution in [2.45, 2.75) is 0 Å². The Balaban J connectivity index is 2.10. The number of halogens is 1. The van der Waals surface area contributed by atoms with E-state index in [-0.39, 0.29) is 0 Å². The molecule has 80 valence electrons. The highest BCUT2D eigenvalue weighted by atomic mass is 35.5. The van der Waals surface area contributed by atoms with Crippen LogP contribution in [0.1, 0.15) is 0 Å². The lowest BCUT2D eigenvalue weighted by molar-refractivity contribution is 0.525. The molecule has 16 heavy (non-hydrogen) atoms. The standard InChI is InChI=1S/C9H7ClN6/c10-8-2-1-7-4-15(14-13-9(7)3-8)16-6-11-5-12-16/h1-6,14H. The van der Waals surface area contributed by atoms with Crippen LogP contribution in [0.25, 0.3) is 6.20 Å². The second kappa shape index (κ2) is 3.49. The Hall–Kier alpha value is -2.08. The van der Waals surface area contributed by atoms with Crippen molar-refractivity contribution in [1.82, 2.24) is 20.4 Å². The SMILES string of the molecule is Clc1ccc2c(c1)=NNN(n1cncn1)C=2. The number of benzene rings is 1. The van der Waals surface area contributed by atoms with E-state index in [9.17, 15) is 0 Å². The highest BCUT2D eigenvalue weighted by Crippen LogP contribution is 2.00. The van der Waals surface area contributed by atoms with Crippen molar-refractivity contribution in [2.24, 2.45) is 5.10 Å². The lowest BCUT2D eigenvalue weighted by Gasteiger charge is -2.19. The summed E-state index contributed by atoms with van der Waals surface area (Å²) in [4.78, 5) is 5.38. The Morgan fingerprint density at radius 1 is 1.31 bits per heavy atom. The molecule has 0 saturated carbocycles. The van der Waals surface area contributed by atoms with Gasteiger partial charge in [0.15, 0.2) is 0 Å². The molecule has 1 N–H and O–H groups in total. The fraction of sp³-hybridized carbons (Fsp3) is 0. The third kappa shape index (κ3) is 1.49. The summed E-state index contributed by atoms with van der Waals surface area (Å²) < 4.78 is 0. The van der Waals surface area contributed by atoms with Crippen molar-refractivity contribution < 1.29 is 0 Å².